The standard InChI is InChI=1S/C5H11NO/c1-3-6(4-2)5-7/h5H,3-4H2,1-2H3. The van der Waals surface area contributed by atoms with E-state index in [1.54, 1.807) is 4.90 Å². The van der Waals surface area contributed by atoms with Crippen molar-refractivity contribution in [3.8, 4) is 0 Å². The van der Waals surface area contributed by atoms with Crippen LogP contribution in [0, 0.1) is 0 Å². The smallest absolute Gasteiger partial charge is 0.209 e. The van der Waals surface area contributed by atoms with Crippen LogP contribution in [0.1, 0.15) is 13.8 Å². The molecule has 0 spiro atoms. The Labute approximate surface area is 44.1 Å². The van der Waals surface area contributed by atoms with Crippen molar-refractivity contribution in [3.63, 3.8) is 0 Å². The zero-order valence-electron chi connectivity index (χ0n) is 4.85. The fourth-order valence-corrected chi connectivity index (χ4v) is 0.373. The van der Waals surface area contributed by atoms with Gasteiger partial charge in [0.15, 0.2) is 0 Å². The number of carbonyl (C=O) groups is 1. The minimum absolute atomic E-state index is 0.819. The Kier molecular flexibility index (Phi) is 3.38. The highest BCUT2D eigenvalue weighted by Gasteiger charge is 1.87. The summed E-state index contributed by atoms with van der Waals surface area (Å²) in [5, 5.41) is 0. The maximum Gasteiger partial charge on any atom is 0.209 e. The van der Waals surface area contributed by atoms with Crippen molar-refractivity contribution < 1.29 is 4.79 Å². The van der Waals surface area contributed by atoms with Crippen LogP contribution in [0.15, 0.2) is 0 Å². The van der Waals surface area contributed by atoms with E-state index in [0.717, 1.165) is 19.5 Å². The molecule has 0 radical (unpaired) electrons. The maximum atomic E-state index is 9.89. The lowest BCUT2D eigenvalue weighted by Gasteiger charge is -2.08. The molecule has 0 saturated carbocycles. The molecule has 0 aromatic rings. The molecule has 0 saturated heterocycles. The van der Waals surface area contributed by atoms with Gasteiger partial charge in [0.05, 0.1) is 0 Å². The summed E-state index contributed by atoms with van der Waals surface area (Å²) in [7, 11) is 0. The highest BCUT2D eigenvalue weighted by Crippen LogP contribution is 1.75. The van der Waals surface area contributed by atoms with E-state index in [4.69, 9.17) is 0 Å². The van der Waals surface area contributed by atoms with Crippen LogP contribution in [0.5, 0.6) is 0 Å². The van der Waals surface area contributed by atoms with Crippen molar-refractivity contribution in [1.82, 2.24) is 4.90 Å². The Balaban J connectivity index is 3.16. The van der Waals surface area contributed by atoms with Crippen molar-refractivity contribution in [1.29, 1.82) is 0 Å². The van der Waals surface area contributed by atoms with Gasteiger partial charge in [-0.1, -0.05) is 0 Å². The molecule has 0 rings (SSSR count). The van der Waals surface area contributed by atoms with Gasteiger partial charge in [0.1, 0.15) is 0 Å². The van der Waals surface area contributed by atoms with Crippen LogP contribution in [0.25, 0.3) is 0 Å². The van der Waals surface area contributed by atoms with Crippen molar-refractivity contribution in [2.24, 2.45) is 0 Å². The number of nitrogens with zero attached hydrogens (tertiary/aromatic N) is 1. The van der Waals surface area contributed by atoms with Gasteiger partial charge >= 0.3 is 0 Å². The van der Waals surface area contributed by atoms with Crippen LogP contribution in [0.4, 0.5) is 0 Å². The molecule has 0 aromatic heterocycles. The normalized spacial score (nSPS) is 8.29. The van der Waals surface area contributed by atoms with Crippen LogP contribution in [-0.4, -0.2) is 24.4 Å². The van der Waals surface area contributed by atoms with Gasteiger partial charge in [0.25, 0.3) is 0 Å². The van der Waals surface area contributed by atoms with E-state index in [2.05, 4.69) is 0 Å². The van der Waals surface area contributed by atoms with Crippen LogP contribution in [0.3, 0.4) is 0 Å². The predicted octanol–water partition coefficient (Wildman–Crippen LogP) is 0.485. The predicted molar refractivity (Wildman–Crippen MR) is 29.0 cm³/mol. The fourth-order valence-electron chi connectivity index (χ4n) is 0.373. The molecule has 0 heterocycles. The molecule has 0 aliphatic carbocycles. The highest BCUT2D eigenvalue weighted by atomic mass is 16.1. The van der Waals surface area contributed by atoms with Gasteiger partial charge in [-0.2, -0.15) is 0 Å². The van der Waals surface area contributed by atoms with Gasteiger partial charge in [-0.15, -0.1) is 0 Å². The fraction of sp³-hybridized carbons (Fsp3) is 0.800. The SMILES string of the molecule is CCN(C=O)CC. The van der Waals surface area contributed by atoms with E-state index < -0.39 is 0 Å². The van der Waals surface area contributed by atoms with Gasteiger partial charge in [0, 0.05) is 13.1 Å². The van der Waals surface area contributed by atoms with Gasteiger partial charge in [-0.25, -0.2) is 0 Å². The van der Waals surface area contributed by atoms with E-state index in [9.17, 15) is 4.79 Å². The first-order chi connectivity index (χ1) is 3.35. The first-order valence-corrected chi connectivity index (χ1v) is 2.54. The lowest BCUT2D eigenvalue weighted by molar-refractivity contribution is -0.117. The summed E-state index contributed by atoms with van der Waals surface area (Å²) >= 11 is 0. The summed E-state index contributed by atoms with van der Waals surface area (Å²) in [6.45, 7) is 5.55. The topological polar surface area (TPSA) is 20.3 Å². The monoisotopic (exact) mass is 101 g/mol. The second kappa shape index (κ2) is 3.65. The molecule has 0 fully saturated rings. The average molecular weight is 101 g/mol. The van der Waals surface area contributed by atoms with Crippen molar-refractivity contribution in [2.75, 3.05) is 13.1 Å². The molecule has 0 bridgehead atoms. The van der Waals surface area contributed by atoms with Crippen molar-refractivity contribution in [3.05, 3.63) is 0 Å². The number of rotatable bonds is 3. The molecule has 0 aliphatic heterocycles. The second-order valence-corrected chi connectivity index (χ2v) is 1.33. The number of carbonyl (C=O) groups excluding carboxylic acids is 1. The summed E-state index contributed by atoms with van der Waals surface area (Å²) in [5.41, 5.74) is 0. The Hall–Kier alpha value is -0.530. The zero-order chi connectivity index (χ0) is 5.70. The lowest BCUT2D eigenvalue weighted by atomic mass is 10.6. The third-order valence-electron chi connectivity index (χ3n) is 0.961. The number of hydrogen-bond donors (Lipinski definition) is 0. The first kappa shape index (κ1) is 6.47. The van der Waals surface area contributed by atoms with Gasteiger partial charge < -0.3 is 4.90 Å². The van der Waals surface area contributed by atoms with E-state index in [1.807, 2.05) is 13.8 Å². The molecule has 0 aromatic carbocycles. The van der Waals surface area contributed by atoms with E-state index in [1.165, 1.54) is 0 Å². The van der Waals surface area contributed by atoms with Crippen molar-refractivity contribution >= 4 is 6.41 Å². The Morgan fingerprint density at radius 3 is 1.86 bits per heavy atom. The largest absolute Gasteiger partial charge is 0.346 e. The van der Waals surface area contributed by atoms with Crippen molar-refractivity contribution in [2.45, 2.75) is 13.8 Å². The van der Waals surface area contributed by atoms with Gasteiger partial charge in [-0.05, 0) is 13.8 Å². The highest BCUT2D eigenvalue weighted by molar-refractivity contribution is 5.46. The first-order valence-electron chi connectivity index (χ1n) is 2.54. The van der Waals surface area contributed by atoms with Gasteiger partial charge in [-0.3, -0.25) is 4.79 Å². The molecule has 2 heteroatoms. The molecule has 42 valence electrons. The summed E-state index contributed by atoms with van der Waals surface area (Å²) in [5.74, 6) is 0. The maximum absolute atomic E-state index is 9.89. The van der Waals surface area contributed by atoms with E-state index in [-0.39, 0.29) is 0 Å². The molecule has 0 N–H and O–H groups in total. The third kappa shape index (κ3) is 2.20. The quantitative estimate of drug-likeness (QED) is 0.473. The molecular weight excluding hydrogens is 90.1 g/mol. The zero-order valence-corrected chi connectivity index (χ0v) is 4.85. The number of amides is 1. The molecule has 1 amide bonds. The van der Waals surface area contributed by atoms with Gasteiger partial charge in [0.2, 0.25) is 6.41 Å². The Morgan fingerprint density at radius 1 is 1.43 bits per heavy atom. The van der Waals surface area contributed by atoms with E-state index in [0.29, 0.717) is 0 Å². The average Bonchev–Trinajstić information content (AvgIpc) is 1.72. The summed E-state index contributed by atoms with van der Waals surface area (Å²) < 4.78 is 0. The van der Waals surface area contributed by atoms with Crippen LogP contribution < -0.4 is 0 Å². The van der Waals surface area contributed by atoms with Crippen LogP contribution in [0.2, 0.25) is 0 Å². The van der Waals surface area contributed by atoms with Crippen LogP contribution in [-0.2, 0) is 4.79 Å². The molecule has 0 aliphatic rings. The summed E-state index contributed by atoms with van der Waals surface area (Å²) in [6.07, 6.45) is 0.861. The Morgan fingerprint density at radius 2 is 1.86 bits per heavy atom. The van der Waals surface area contributed by atoms with Crippen LogP contribution >= 0.6 is 0 Å². The summed E-state index contributed by atoms with van der Waals surface area (Å²) in [4.78, 5) is 11.6. The minimum Gasteiger partial charge on any atom is -0.346 e. The third-order valence-corrected chi connectivity index (χ3v) is 0.961. The second-order valence-electron chi connectivity index (χ2n) is 1.33. The molecule has 0 atom stereocenters. The number of hydrogen-bond acceptors (Lipinski definition) is 1. The van der Waals surface area contributed by atoms with E-state index >= 15 is 0 Å². The molecular formula is C5H11NO. The molecule has 2 nitrogen and oxygen atoms in total. The lowest BCUT2D eigenvalue weighted by Crippen LogP contribution is -2.19. The Bertz CT molecular complexity index is 50.0. The minimum atomic E-state index is 0.819. The summed E-state index contributed by atoms with van der Waals surface area (Å²) in [6, 6.07) is 0. The molecule has 7 heavy (non-hydrogen) atoms. The molecule has 0 unspecified atom stereocenters.